The Kier molecular flexibility index (Phi) is 8.86. The molecule has 0 saturated carbocycles. The third-order valence-corrected chi connectivity index (χ3v) is 12.6. The molecule has 0 saturated heterocycles. The zero-order valence-electron chi connectivity index (χ0n) is 34.3. The van der Waals surface area contributed by atoms with Gasteiger partial charge in [-0.2, -0.15) is 0 Å². The highest BCUT2D eigenvalue weighted by molar-refractivity contribution is 6.13. The number of hydrogen-bond acceptors (Lipinski definition) is 2. The van der Waals surface area contributed by atoms with Crippen molar-refractivity contribution >= 4 is 55.7 Å². The minimum atomic E-state index is -0.0794. The van der Waals surface area contributed by atoms with Crippen molar-refractivity contribution in [3.05, 3.63) is 242 Å². The summed E-state index contributed by atoms with van der Waals surface area (Å²) < 4.78 is 0. The van der Waals surface area contributed by atoms with Gasteiger partial charge in [-0.05, 0) is 139 Å². The highest BCUT2D eigenvalue weighted by Crippen LogP contribution is 2.51. The van der Waals surface area contributed by atoms with Crippen molar-refractivity contribution in [3.63, 3.8) is 0 Å². The first-order valence-electron chi connectivity index (χ1n) is 21.2. The fraction of sp³-hybridized carbons (Fsp3) is 0.0508. The Hall–Kier alpha value is -7.68. The van der Waals surface area contributed by atoms with Crippen LogP contribution in [-0.2, 0) is 5.41 Å². The number of nitrogens with zero attached hydrogens (tertiary/aromatic N) is 2. The Labute approximate surface area is 358 Å². The third-order valence-electron chi connectivity index (χ3n) is 12.6. The lowest BCUT2D eigenvalue weighted by Crippen LogP contribution is -2.15. The van der Waals surface area contributed by atoms with E-state index in [2.05, 4.69) is 254 Å². The van der Waals surface area contributed by atoms with Gasteiger partial charge in [-0.1, -0.05) is 172 Å². The van der Waals surface area contributed by atoms with Crippen LogP contribution in [-0.4, -0.2) is 0 Å². The summed E-state index contributed by atoms with van der Waals surface area (Å²) >= 11 is 0. The summed E-state index contributed by atoms with van der Waals surface area (Å²) in [5.41, 5.74) is 16.6. The quantitative estimate of drug-likeness (QED) is 0.142. The van der Waals surface area contributed by atoms with Gasteiger partial charge in [-0.15, -0.1) is 0 Å². The molecule has 61 heavy (non-hydrogen) atoms. The summed E-state index contributed by atoms with van der Waals surface area (Å²) in [6.07, 6.45) is 0. The van der Waals surface area contributed by atoms with Gasteiger partial charge in [0.2, 0.25) is 0 Å². The lowest BCUT2D eigenvalue weighted by Gasteiger charge is -2.30. The van der Waals surface area contributed by atoms with Gasteiger partial charge in [0.1, 0.15) is 0 Å². The van der Waals surface area contributed by atoms with E-state index in [0.717, 1.165) is 34.1 Å². The van der Waals surface area contributed by atoms with Gasteiger partial charge >= 0.3 is 0 Å². The standard InChI is InChI=1S/C59H44N2/c1-59(2)57-30-14-13-29-54(57)56-40-50(35-36-58(56)59)61(46-33-31-42(32-34-46)55-38-44-19-9-10-26-51(44)52-27-11-12-28-53(52)55)49-25-16-24-48(39-49)60(45-21-7-4-8-22-45)47-23-15-20-43(37-47)41-17-5-3-6-18-41/h3-40H,1-2H3. The van der Waals surface area contributed by atoms with E-state index >= 15 is 0 Å². The van der Waals surface area contributed by atoms with Gasteiger partial charge in [-0.3, -0.25) is 0 Å². The van der Waals surface area contributed by atoms with Crippen molar-refractivity contribution in [2.45, 2.75) is 19.3 Å². The zero-order chi connectivity index (χ0) is 40.9. The Morgan fingerprint density at radius 1 is 0.279 bits per heavy atom. The van der Waals surface area contributed by atoms with E-state index in [1.165, 1.54) is 66.1 Å². The van der Waals surface area contributed by atoms with E-state index < -0.39 is 0 Å². The van der Waals surface area contributed by atoms with Gasteiger partial charge < -0.3 is 9.80 Å². The van der Waals surface area contributed by atoms with Gasteiger partial charge in [0.05, 0.1) is 0 Å². The average molecular weight is 781 g/mol. The molecule has 10 aromatic rings. The summed E-state index contributed by atoms with van der Waals surface area (Å²) in [7, 11) is 0. The molecule has 10 aromatic carbocycles. The van der Waals surface area contributed by atoms with Crippen LogP contribution in [0.2, 0.25) is 0 Å². The molecule has 0 heterocycles. The van der Waals surface area contributed by atoms with E-state index in [0.29, 0.717) is 0 Å². The van der Waals surface area contributed by atoms with E-state index in [1.807, 2.05) is 0 Å². The van der Waals surface area contributed by atoms with Crippen LogP contribution in [0.15, 0.2) is 231 Å². The molecule has 0 amide bonds. The second-order valence-corrected chi connectivity index (χ2v) is 16.6. The molecule has 1 aliphatic rings. The first-order chi connectivity index (χ1) is 30.0. The molecule has 0 aromatic heterocycles. The summed E-state index contributed by atoms with van der Waals surface area (Å²) in [6.45, 7) is 4.69. The van der Waals surface area contributed by atoms with Crippen LogP contribution in [0.3, 0.4) is 0 Å². The van der Waals surface area contributed by atoms with Crippen LogP contribution in [0.4, 0.5) is 34.1 Å². The van der Waals surface area contributed by atoms with Gasteiger partial charge in [0.25, 0.3) is 0 Å². The highest BCUT2D eigenvalue weighted by Gasteiger charge is 2.35. The van der Waals surface area contributed by atoms with Crippen molar-refractivity contribution in [1.82, 2.24) is 0 Å². The van der Waals surface area contributed by atoms with Gasteiger partial charge in [-0.25, -0.2) is 0 Å². The van der Waals surface area contributed by atoms with E-state index in [-0.39, 0.29) is 5.41 Å². The topological polar surface area (TPSA) is 6.48 Å². The van der Waals surface area contributed by atoms with Crippen LogP contribution >= 0.6 is 0 Å². The smallest absolute Gasteiger partial charge is 0.0482 e. The molecule has 290 valence electrons. The highest BCUT2D eigenvalue weighted by atomic mass is 15.2. The molecule has 11 rings (SSSR count). The lowest BCUT2D eigenvalue weighted by atomic mass is 9.82. The second kappa shape index (κ2) is 14.9. The van der Waals surface area contributed by atoms with Gasteiger partial charge in [0, 0.05) is 39.5 Å². The number of benzene rings is 10. The van der Waals surface area contributed by atoms with Crippen LogP contribution in [0.5, 0.6) is 0 Å². The zero-order valence-corrected chi connectivity index (χ0v) is 34.3. The molecule has 2 nitrogen and oxygen atoms in total. The fourth-order valence-corrected chi connectivity index (χ4v) is 9.63. The first kappa shape index (κ1) is 36.4. The van der Waals surface area contributed by atoms with Crippen molar-refractivity contribution in [2.24, 2.45) is 0 Å². The van der Waals surface area contributed by atoms with Gasteiger partial charge in [0.15, 0.2) is 0 Å². The molecule has 0 fully saturated rings. The Balaban J connectivity index is 1.07. The molecule has 0 unspecified atom stereocenters. The molecule has 0 spiro atoms. The number of rotatable bonds is 8. The average Bonchev–Trinajstić information content (AvgIpc) is 3.55. The maximum Gasteiger partial charge on any atom is 0.0482 e. The maximum absolute atomic E-state index is 2.42. The fourth-order valence-electron chi connectivity index (χ4n) is 9.63. The normalized spacial score (nSPS) is 12.6. The molecular weight excluding hydrogens is 737 g/mol. The molecule has 0 bridgehead atoms. The molecule has 2 heteroatoms. The Morgan fingerprint density at radius 2 is 0.787 bits per heavy atom. The number of anilines is 6. The van der Waals surface area contributed by atoms with Crippen LogP contribution in [0, 0.1) is 0 Å². The van der Waals surface area contributed by atoms with Crippen LogP contribution < -0.4 is 9.80 Å². The summed E-state index contributed by atoms with van der Waals surface area (Å²) in [5.74, 6) is 0. The van der Waals surface area contributed by atoms with E-state index in [4.69, 9.17) is 0 Å². The predicted molar refractivity (Wildman–Crippen MR) is 259 cm³/mol. The van der Waals surface area contributed by atoms with Crippen LogP contribution in [0.1, 0.15) is 25.0 Å². The lowest BCUT2D eigenvalue weighted by molar-refractivity contribution is 0.660. The van der Waals surface area contributed by atoms with E-state index in [1.54, 1.807) is 0 Å². The number of fused-ring (bicyclic) bond motifs is 6. The maximum atomic E-state index is 2.42. The summed E-state index contributed by atoms with van der Waals surface area (Å²) in [4.78, 5) is 4.78. The molecule has 0 atom stereocenters. The molecular formula is C59H44N2. The van der Waals surface area contributed by atoms with Crippen LogP contribution in [0.25, 0.3) is 54.9 Å². The van der Waals surface area contributed by atoms with Crippen molar-refractivity contribution in [2.75, 3.05) is 9.80 Å². The van der Waals surface area contributed by atoms with Crippen molar-refractivity contribution in [1.29, 1.82) is 0 Å². The summed E-state index contributed by atoms with van der Waals surface area (Å²) in [5, 5.41) is 5.06. The molecule has 0 radical (unpaired) electrons. The van der Waals surface area contributed by atoms with Crippen molar-refractivity contribution in [3.8, 4) is 33.4 Å². The molecule has 1 aliphatic carbocycles. The number of hydrogen-bond donors (Lipinski definition) is 0. The number of para-hydroxylation sites is 1. The minimum Gasteiger partial charge on any atom is -0.310 e. The predicted octanol–water partition coefficient (Wildman–Crippen LogP) is 16.6. The van der Waals surface area contributed by atoms with E-state index in [9.17, 15) is 0 Å². The summed E-state index contributed by atoms with van der Waals surface area (Å²) in [6, 6.07) is 84.1. The monoisotopic (exact) mass is 780 g/mol. The Bertz CT molecular complexity index is 3220. The Morgan fingerprint density at radius 3 is 1.54 bits per heavy atom. The largest absolute Gasteiger partial charge is 0.310 e. The SMILES string of the molecule is CC1(C)c2ccccc2-c2cc(N(c3ccc(-c4cc5ccccc5c5ccccc45)cc3)c3cccc(N(c4ccccc4)c4cccc(-c5ccccc5)c4)c3)ccc21. The third kappa shape index (κ3) is 6.36. The molecule has 0 aliphatic heterocycles. The minimum absolute atomic E-state index is 0.0794. The molecule has 0 N–H and O–H groups in total. The first-order valence-corrected chi connectivity index (χ1v) is 21.2. The van der Waals surface area contributed by atoms with Crippen molar-refractivity contribution < 1.29 is 0 Å². The second-order valence-electron chi connectivity index (χ2n) is 16.6.